The van der Waals surface area contributed by atoms with Gasteiger partial charge < -0.3 is 10.5 Å². The van der Waals surface area contributed by atoms with Gasteiger partial charge in [0, 0.05) is 18.2 Å². The van der Waals surface area contributed by atoms with Gasteiger partial charge in [0.05, 0.1) is 0 Å². The molecule has 0 amide bonds. The van der Waals surface area contributed by atoms with Crippen molar-refractivity contribution in [2.45, 2.75) is 6.54 Å². The fraction of sp³-hybridized carbons (Fsp3) is 0.0769. The Morgan fingerprint density at radius 3 is 2.53 bits per heavy atom. The molecular weight excluding hydrogens is 224 g/mol. The molecule has 17 heavy (non-hydrogen) atoms. The van der Waals surface area contributed by atoms with Crippen LogP contribution in [0.2, 0.25) is 0 Å². The zero-order valence-electron chi connectivity index (χ0n) is 8.99. The summed E-state index contributed by atoms with van der Waals surface area (Å²) in [6, 6.07) is 10.0. The Labute approximate surface area is 97.6 Å². The smallest absolute Gasteiger partial charge is 0.165 e. The van der Waals surface area contributed by atoms with E-state index in [1.807, 2.05) is 0 Å². The molecule has 2 nitrogen and oxygen atoms in total. The van der Waals surface area contributed by atoms with Gasteiger partial charge >= 0.3 is 0 Å². The number of para-hydroxylation sites is 1. The van der Waals surface area contributed by atoms with Crippen molar-refractivity contribution in [2.24, 2.45) is 5.73 Å². The van der Waals surface area contributed by atoms with E-state index in [4.69, 9.17) is 10.5 Å². The summed E-state index contributed by atoms with van der Waals surface area (Å²) in [5.74, 6) is -0.879. The number of rotatable bonds is 3. The third kappa shape index (κ3) is 2.60. The quantitative estimate of drug-likeness (QED) is 0.886. The van der Waals surface area contributed by atoms with Crippen molar-refractivity contribution in [1.82, 2.24) is 0 Å². The lowest BCUT2D eigenvalue weighted by Crippen LogP contribution is -1.99. The normalized spacial score (nSPS) is 10.3. The molecule has 0 saturated carbocycles. The zero-order chi connectivity index (χ0) is 12.3. The molecule has 2 N–H and O–H groups in total. The van der Waals surface area contributed by atoms with Gasteiger partial charge in [-0.25, -0.2) is 8.78 Å². The average Bonchev–Trinajstić information content (AvgIpc) is 2.34. The van der Waals surface area contributed by atoms with Crippen LogP contribution >= 0.6 is 0 Å². The van der Waals surface area contributed by atoms with Crippen LogP contribution in [0.4, 0.5) is 8.78 Å². The number of ether oxygens (including phenoxy) is 1. The highest BCUT2D eigenvalue weighted by Gasteiger charge is 2.08. The van der Waals surface area contributed by atoms with Gasteiger partial charge in [-0.2, -0.15) is 0 Å². The van der Waals surface area contributed by atoms with Crippen LogP contribution in [0.25, 0.3) is 0 Å². The topological polar surface area (TPSA) is 35.2 Å². The Hall–Kier alpha value is -1.94. The number of benzene rings is 2. The van der Waals surface area contributed by atoms with Crippen molar-refractivity contribution in [2.75, 3.05) is 0 Å². The number of hydrogen-bond donors (Lipinski definition) is 1. The second-order valence-corrected chi connectivity index (χ2v) is 3.49. The molecule has 0 spiro atoms. The van der Waals surface area contributed by atoms with Crippen molar-refractivity contribution >= 4 is 0 Å². The van der Waals surface area contributed by atoms with Crippen LogP contribution in [-0.4, -0.2) is 0 Å². The van der Waals surface area contributed by atoms with E-state index in [9.17, 15) is 8.78 Å². The molecule has 2 aromatic carbocycles. The molecule has 88 valence electrons. The maximum absolute atomic E-state index is 13.4. The molecule has 2 aromatic rings. The van der Waals surface area contributed by atoms with E-state index in [-0.39, 0.29) is 12.3 Å². The van der Waals surface area contributed by atoms with E-state index in [2.05, 4.69) is 0 Å². The van der Waals surface area contributed by atoms with Crippen LogP contribution in [0.5, 0.6) is 11.5 Å². The second kappa shape index (κ2) is 4.93. The summed E-state index contributed by atoms with van der Waals surface area (Å²) in [6.45, 7) is 0.271. The Kier molecular flexibility index (Phi) is 3.35. The highest BCUT2D eigenvalue weighted by Crippen LogP contribution is 2.27. The van der Waals surface area contributed by atoms with Gasteiger partial charge in [0.1, 0.15) is 11.6 Å². The Bertz CT molecular complexity index is 529. The Morgan fingerprint density at radius 1 is 1.00 bits per heavy atom. The molecule has 0 aliphatic rings. The molecule has 0 fully saturated rings. The maximum Gasteiger partial charge on any atom is 0.165 e. The van der Waals surface area contributed by atoms with Gasteiger partial charge in [-0.3, -0.25) is 0 Å². The van der Waals surface area contributed by atoms with Crippen molar-refractivity contribution < 1.29 is 13.5 Å². The molecule has 0 radical (unpaired) electrons. The molecule has 0 unspecified atom stereocenters. The summed E-state index contributed by atoms with van der Waals surface area (Å²) in [5.41, 5.74) is 6.26. The summed E-state index contributed by atoms with van der Waals surface area (Å²) in [7, 11) is 0. The molecule has 0 bridgehead atoms. The summed E-state index contributed by atoms with van der Waals surface area (Å²) in [5, 5.41) is 0. The van der Waals surface area contributed by atoms with Crippen LogP contribution in [-0.2, 0) is 6.54 Å². The number of nitrogens with two attached hydrogens (primary N) is 1. The fourth-order valence-corrected chi connectivity index (χ4v) is 1.45. The van der Waals surface area contributed by atoms with Crippen molar-refractivity contribution in [3.05, 3.63) is 59.7 Å². The summed E-state index contributed by atoms with van der Waals surface area (Å²) in [6.07, 6.45) is 0. The van der Waals surface area contributed by atoms with Crippen molar-refractivity contribution in [1.29, 1.82) is 0 Å². The van der Waals surface area contributed by atoms with Gasteiger partial charge in [-0.05, 0) is 18.2 Å². The van der Waals surface area contributed by atoms with Gasteiger partial charge in [0.25, 0.3) is 0 Å². The summed E-state index contributed by atoms with van der Waals surface area (Å²) in [4.78, 5) is 0. The molecule has 0 aliphatic heterocycles. The first kappa shape index (κ1) is 11.5. The largest absolute Gasteiger partial charge is 0.454 e. The van der Waals surface area contributed by atoms with Crippen LogP contribution in [0, 0.1) is 11.6 Å². The number of hydrogen-bond acceptors (Lipinski definition) is 2. The fourth-order valence-electron chi connectivity index (χ4n) is 1.45. The lowest BCUT2D eigenvalue weighted by atomic mass is 10.2. The zero-order valence-corrected chi connectivity index (χ0v) is 8.99. The summed E-state index contributed by atoms with van der Waals surface area (Å²) < 4.78 is 31.6. The first-order valence-corrected chi connectivity index (χ1v) is 5.11. The van der Waals surface area contributed by atoms with Crippen molar-refractivity contribution in [3.63, 3.8) is 0 Å². The first-order chi connectivity index (χ1) is 8.20. The monoisotopic (exact) mass is 235 g/mol. The molecule has 0 heterocycles. The third-order valence-corrected chi connectivity index (χ3v) is 2.31. The van der Waals surface area contributed by atoms with E-state index in [0.29, 0.717) is 5.75 Å². The molecular formula is C13H11F2NO. The van der Waals surface area contributed by atoms with Crippen LogP contribution in [0.3, 0.4) is 0 Å². The van der Waals surface area contributed by atoms with Gasteiger partial charge in [-0.15, -0.1) is 0 Å². The minimum Gasteiger partial charge on any atom is -0.454 e. The lowest BCUT2D eigenvalue weighted by molar-refractivity contribution is 0.432. The van der Waals surface area contributed by atoms with Crippen LogP contribution < -0.4 is 10.5 Å². The third-order valence-electron chi connectivity index (χ3n) is 2.31. The SMILES string of the molecule is NCc1ccccc1Oc1cc(F)ccc1F. The molecule has 4 heteroatoms. The lowest BCUT2D eigenvalue weighted by Gasteiger charge is -2.10. The Balaban J connectivity index is 2.34. The minimum atomic E-state index is -0.613. The molecule has 0 aromatic heterocycles. The average molecular weight is 235 g/mol. The van der Waals surface area contributed by atoms with Gasteiger partial charge in [-0.1, -0.05) is 18.2 Å². The molecule has 0 aliphatic carbocycles. The molecule has 0 saturated heterocycles. The number of halogens is 2. The summed E-state index contributed by atoms with van der Waals surface area (Å²) >= 11 is 0. The standard InChI is InChI=1S/C13H11F2NO/c14-10-5-6-11(15)13(7-10)17-12-4-2-1-3-9(12)8-16/h1-7H,8,16H2. The molecule has 0 atom stereocenters. The van der Waals surface area contributed by atoms with E-state index in [0.717, 1.165) is 23.8 Å². The van der Waals surface area contributed by atoms with E-state index >= 15 is 0 Å². The molecule has 2 rings (SSSR count). The Morgan fingerprint density at radius 2 is 1.76 bits per heavy atom. The van der Waals surface area contributed by atoms with Gasteiger partial charge in [0.15, 0.2) is 11.6 Å². The van der Waals surface area contributed by atoms with E-state index < -0.39 is 11.6 Å². The van der Waals surface area contributed by atoms with Gasteiger partial charge in [0.2, 0.25) is 0 Å². The van der Waals surface area contributed by atoms with Crippen LogP contribution in [0.15, 0.2) is 42.5 Å². The second-order valence-electron chi connectivity index (χ2n) is 3.49. The minimum absolute atomic E-state index is 0.147. The highest BCUT2D eigenvalue weighted by molar-refractivity contribution is 5.38. The predicted molar refractivity (Wildman–Crippen MR) is 60.8 cm³/mol. The van der Waals surface area contributed by atoms with E-state index in [1.165, 1.54) is 0 Å². The van der Waals surface area contributed by atoms with E-state index in [1.54, 1.807) is 24.3 Å². The van der Waals surface area contributed by atoms with Crippen LogP contribution in [0.1, 0.15) is 5.56 Å². The highest BCUT2D eigenvalue weighted by atomic mass is 19.1. The predicted octanol–water partition coefficient (Wildman–Crippen LogP) is 3.22. The maximum atomic E-state index is 13.4. The first-order valence-electron chi connectivity index (χ1n) is 5.11. The van der Waals surface area contributed by atoms with Crippen molar-refractivity contribution in [3.8, 4) is 11.5 Å².